The lowest BCUT2D eigenvalue weighted by molar-refractivity contribution is 0.626. The summed E-state index contributed by atoms with van der Waals surface area (Å²) in [5.41, 5.74) is 6.58. The molecule has 1 aromatic carbocycles. The fourth-order valence-electron chi connectivity index (χ4n) is 2.31. The smallest absolute Gasteiger partial charge is 0.0946 e. The Morgan fingerprint density at radius 1 is 1.23 bits per heavy atom. The minimum atomic E-state index is 0.514. The second-order valence-corrected chi connectivity index (χ2v) is 7.59. The summed E-state index contributed by atoms with van der Waals surface area (Å²) < 4.78 is 2.16. The molecule has 0 aliphatic rings. The number of aromatic nitrogens is 2. The van der Waals surface area contributed by atoms with Crippen molar-refractivity contribution >= 4 is 28.8 Å². The first-order valence-electron chi connectivity index (χ1n) is 7.30. The highest BCUT2D eigenvalue weighted by Gasteiger charge is 2.12. The second-order valence-electron chi connectivity index (χ2n) is 5.19. The number of hydrogen-bond acceptors (Lipinski definition) is 4. The Morgan fingerprint density at radius 3 is 2.77 bits per heavy atom. The summed E-state index contributed by atoms with van der Waals surface area (Å²) in [5, 5.41) is 2.66. The maximum atomic E-state index is 5.77. The number of thioether (sulfide) groups is 1. The number of anilines is 1. The van der Waals surface area contributed by atoms with E-state index in [0.29, 0.717) is 5.25 Å². The fourth-order valence-corrected chi connectivity index (χ4v) is 4.20. The number of hydrogen-bond donors (Lipinski definition) is 1. The van der Waals surface area contributed by atoms with E-state index in [9.17, 15) is 0 Å². The van der Waals surface area contributed by atoms with Gasteiger partial charge in [0.15, 0.2) is 0 Å². The number of nitrogens with zero attached hydrogens (tertiary/aromatic N) is 2. The topological polar surface area (TPSA) is 43.8 Å². The van der Waals surface area contributed by atoms with Gasteiger partial charge in [-0.25, -0.2) is 4.98 Å². The quantitative estimate of drug-likeness (QED) is 0.518. The molecule has 0 aliphatic carbocycles. The maximum absolute atomic E-state index is 5.77. The van der Waals surface area contributed by atoms with Crippen LogP contribution < -0.4 is 5.73 Å². The Labute approximate surface area is 139 Å². The van der Waals surface area contributed by atoms with E-state index in [1.807, 2.05) is 54.0 Å². The van der Waals surface area contributed by atoms with Gasteiger partial charge in [-0.15, -0.1) is 23.1 Å². The van der Waals surface area contributed by atoms with E-state index >= 15 is 0 Å². The van der Waals surface area contributed by atoms with Crippen LogP contribution in [0.25, 0.3) is 0 Å². The SMILES string of the molecule is Nc1ccc(SC(CCc2cccs2)Cn2ccnc2)cc1. The number of nitrogen functional groups attached to an aromatic ring is 1. The van der Waals surface area contributed by atoms with Gasteiger partial charge in [-0.3, -0.25) is 0 Å². The predicted molar refractivity (Wildman–Crippen MR) is 95.4 cm³/mol. The fraction of sp³-hybridized carbons (Fsp3) is 0.235. The Bertz CT molecular complexity index is 661. The van der Waals surface area contributed by atoms with Crippen LogP contribution in [0.2, 0.25) is 0 Å². The molecule has 0 aliphatic heterocycles. The molecule has 3 nitrogen and oxygen atoms in total. The number of thiophene rings is 1. The van der Waals surface area contributed by atoms with Crippen LogP contribution in [0.3, 0.4) is 0 Å². The van der Waals surface area contributed by atoms with E-state index in [1.54, 1.807) is 0 Å². The average molecular weight is 329 g/mol. The molecule has 1 atom stereocenters. The van der Waals surface area contributed by atoms with Gasteiger partial charge in [0.2, 0.25) is 0 Å². The zero-order valence-corrected chi connectivity index (χ0v) is 13.9. The standard InChI is InChI=1S/C17H19N3S2/c18-14-3-5-16(6-4-14)22-17(12-20-10-9-19-13-20)8-7-15-2-1-11-21-15/h1-6,9-11,13,17H,7-8,12,18H2. The lowest BCUT2D eigenvalue weighted by Gasteiger charge is -2.17. The monoisotopic (exact) mass is 329 g/mol. The van der Waals surface area contributed by atoms with Crippen molar-refractivity contribution in [2.24, 2.45) is 0 Å². The molecule has 2 heterocycles. The molecule has 0 radical (unpaired) electrons. The van der Waals surface area contributed by atoms with Crippen LogP contribution in [0.1, 0.15) is 11.3 Å². The highest BCUT2D eigenvalue weighted by atomic mass is 32.2. The van der Waals surface area contributed by atoms with Gasteiger partial charge < -0.3 is 10.3 Å². The van der Waals surface area contributed by atoms with E-state index < -0.39 is 0 Å². The molecule has 0 fully saturated rings. The van der Waals surface area contributed by atoms with Crippen LogP contribution in [0.15, 0.2) is 65.4 Å². The Hall–Kier alpha value is -1.72. The first kappa shape index (κ1) is 15.2. The number of imidazole rings is 1. The third-order valence-corrected chi connectivity index (χ3v) is 5.65. The Morgan fingerprint density at radius 2 is 2.09 bits per heavy atom. The maximum Gasteiger partial charge on any atom is 0.0946 e. The van der Waals surface area contributed by atoms with Crippen molar-refractivity contribution in [3.05, 3.63) is 65.4 Å². The van der Waals surface area contributed by atoms with Crippen molar-refractivity contribution in [3.63, 3.8) is 0 Å². The third kappa shape index (κ3) is 4.39. The van der Waals surface area contributed by atoms with Crippen LogP contribution in [-0.4, -0.2) is 14.8 Å². The van der Waals surface area contributed by atoms with E-state index in [1.165, 1.54) is 9.77 Å². The molecule has 0 saturated heterocycles. The van der Waals surface area contributed by atoms with Crippen molar-refractivity contribution < 1.29 is 0 Å². The van der Waals surface area contributed by atoms with Gasteiger partial charge in [-0.2, -0.15) is 0 Å². The Kier molecular flexibility index (Phi) is 5.19. The summed E-state index contributed by atoms with van der Waals surface area (Å²) in [6.45, 7) is 0.973. The first-order valence-corrected chi connectivity index (χ1v) is 9.06. The predicted octanol–water partition coefficient (Wildman–Crippen LogP) is 4.32. The summed E-state index contributed by atoms with van der Waals surface area (Å²) in [7, 11) is 0. The summed E-state index contributed by atoms with van der Waals surface area (Å²) in [6.07, 6.45) is 8.03. The molecule has 0 saturated carbocycles. The molecule has 3 aromatic rings. The molecule has 5 heteroatoms. The van der Waals surface area contributed by atoms with Gasteiger partial charge in [-0.1, -0.05) is 6.07 Å². The van der Waals surface area contributed by atoms with Crippen LogP contribution in [0.4, 0.5) is 5.69 Å². The number of aryl methyl sites for hydroxylation is 1. The molecular weight excluding hydrogens is 310 g/mol. The minimum Gasteiger partial charge on any atom is -0.399 e. The summed E-state index contributed by atoms with van der Waals surface area (Å²) >= 11 is 3.75. The van der Waals surface area contributed by atoms with Crippen molar-refractivity contribution in [3.8, 4) is 0 Å². The van der Waals surface area contributed by atoms with Crippen molar-refractivity contribution in [2.75, 3.05) is 5.73 Å². The molecule has 22 heavy (non-hydrogen) atoms. The lowest BCUT2D eigenvalue weighted by atomic mass is 10.2. The molecule has 0 amide bonds. The van der Waals surface area contributed by atoms with Gasteiger partial charge in [0.25, 0.3) is 0 Å². The molecule has 114 valence electrons. The van der Waals surface area contributed by atoms with Gasteiger partial charge in [-0.05, 0) is 48.6 Å². The first-order chi connectivity index (χ1) is 10.8. The van der Waals surface area contributed by atoms with Gasteiger partial charge >= 0.3 is 0 Å². The molecule has 2 N–H and O–H groups in total. The zero-order valence-electron chi connectivity index (χ0n) is 12.3. The molecule has 0 spiro atoms. The van der Waals surface area contributed by atoms with Gasteiger partial charge in [0.1, 0.15) is 0 Å². The van der Waals surface area contributed by atoms with Crippen molar-refractivity contribution in [1.29, 1.82) is 0 Å². The van der Waals surface area contributed by atoms with Crippen LogP contribution in [0.5, 0.6) is 0 Å². The highest BCUT2D eigenvalue weighted by molar-refractivity contribution is 8.00. The summed E-state index contributed by atoms with van der Waals surface area (Å²) in [6, 6.07) is 12.5. The summed E-state index contributed by atoms with van der Waals surface area (Å²) in [4.78, 5) is 6.86. The zero-order chi connectivity index (χ0) is 15.2. The summed E-state index contributed by atoms with van der Waals surface area (Å²) in [5.74, 6) is 0. The van der Waals surface area contributed by atoms with E-state index in [2.05, 4.69) is 39.2 Å². The number of nitrogens with two attached hydrogens (primary N) is 1. The largest absolute Gasteiger partial charge is 0.399 e. The van der Waals surface area contributed by atoms with Gasteiger partial charge in [0.05, 0.1) is 6.33 Å². The molecular formula is C17H19N3S2. The van der Waals surface area contributed by atoms with E-state index in [0.717, 1.165) is 25.1 Å². The normalized spacial score (nSPS) is 12.4. The third-order valence-electron chi connectivity index (χ3n) is 3.45. The van der Waals surface area contributed by atoms with Crippen LogP contribution >= 0.6 is 23.1 Å². The molecule has 2 aromatic heterocycles. The number of benzene rings is 1. The van der Waals surface area contributed by atoms with E-state index in [-0.39, 0.29) is 0 Å². The van der Waals surface area contributed by atoms with Crippen molar-refractivity contribution in [2.45, 2.75) is 29.5 Å². The highest BCUT2D eigenvalue weighted by Crippen LogP contribution is 2.29. The molecule has 3 rings (SSSR count). The average Bonchev–Trinajstić information content (AvgIpc) is 3.20. The minimum absolute atomic E-state index is 0.514. The Balaban J connectivity index is 1.65. The number of rotatable bonds is 7. The second kappa shape index (κ2) is 7.51. The molecule has 0 bridgehead atoms. The molecule has 1 unspecified atom stereocenters. The van der Waals surface area contributed by atoms with Crippen molar-refractivity contribution in [1.82, 2.24) is 9.55 Å². The van der Waals surface area contributed by atoms with Crippen LogP contribution in [-0.2, 0) is 13.0 Å². The van der Waals surface area contributed by atoms with Crippen LogP contribution in [0, 0.1) is 0 Å². The van der Waals surface area contributed by atoms with E-state index in [4.69, 9.17) is 5.73 Å². The van der Waals surface area contributed by atoms with Gasteiger partial charge in [0, 0.05) is 39.6 Å². The lowest BCUT2D eigenvalue weighted by Crippen LogP contribution is -2.13.